The Bertz CT molecular complexity index is 953. The molecule has 2 aliphatic heterocycles. The van der Waals surface area contributed by atoms with Gasteiger partial charge >= 0.3 is 0 Å². The van der Waals surface area contributed by atoms with Crippen molar-refractivity contribution < 1.29 is 64.6 Å². The van der Waals surface area contributed by atoms with Crippen LogP contribution in [0.15, 0.2) is 0 Å². The van der Waals surface area contributed by atoms with Crippen molar-refractivity contribution in [1.29, 1.82) is 0 Å². The fourth-order valence-electron chi connectivity index (χ4n) is 4.20. The van der Waals surface area contributed by atoms with Gasteiger partial charge in [0, 0.05) is 28.8 Å². The first kappa shape index (κ1) is 33.9. The Labute approximate surface area is 264 Å². The van der Waals surface area contributed by atoms with Crippen LogP contribution in [-0.4, -0.2) is 121 Å². The Kier molecular flexibility index (Phi) is 12.8. The van der Waals surface area contributed by atoms with Gasteiger partial charge in [-0.3, -0.25) is 4.79 Å². The minimum absolute atomic E-state index is 0.204. The lowest BCUT2D eigenvalue weighted by atomic mass is 9.98. The normalized spacial score (nSPS) is 35.2. The molecule has 0 radical (unpaired) electrons. The van der Waals surface area contributed by atoms with Gasteiger partial charge in [-0.05, 0) is 67.8 Å². The zero-order chi connectivity index (χ0) is 29.2. The Hall–Kier alpha value is 0.400. The first-order valence-corrected chi connectivity index (χ1v) is 14.9. The van der Waals surface area contributed by atoms with E-state index in [0.29, 0.717) is 27.5 Å². The van der Waals surface area contributed by atoms with Crippen molar-refractivity contribution >= 4 is 79.4 Å². The van der Waals surface area contributed by atoms with E-state index in [1.54, 1.807) is 0 Å². The number of carbonyl (C=O) groups excluding carboxylic acids is 1. The third kappa shape index (κ3) is 7.49. The Morgan fingerprint density at radius 2 is 1.13 bits per heavy atom. The van der Waals surface area contributed by atoms with Crippen molar-refractivity contribution in [3.63, 3.8) is 0 Å². The molecule has 1 amide bonds. The monoisotopic (exact) mass is 897 g/mol. The highest BCUT2D eigenvalue weighted by Gasteiger charge is 2.46. The van der Waals surface area contributed by atoms with Crippen molar-refractivity contribution in [2.45, 2.75) is 81.5 Å². The van der Waals surface area contributed by atoms with Gasteiger partial charge in [0.25, 0.3) is 0 Å². The van der Waals surface area contributed by atoms with E-state index in [4.69, 9.17) is 18.9 Å². The molecule has 1 aromatic rings. The van der Waals surface area contributed by atoms with Crippen LogP contribution in [0.2, 0.25) is 0 Å². The van der Waals surface area contributed by atoms with Crippen LogP contribution in [0.4, 0.5) is 5.69 Å². The summed E-state index contributed by atoms with van der Waals surface area (Å²) in [6, 6.07) is 0. The van der Waals surface area contributed by atoms with E-state index < -0.39 is 74.6 Å². The summed E-state index contributed by atoms with van der Waals surface area (Å²) in [6.45, 7) is -0.317. The molecular formula is C22H30I3NO13. The number of hydrogen-bond donors (Lipinski definition) is 9. The first-order valence-electron chi connectivity index (χ1n) is 11.6. The van der Waals surface area contributed by atoms with Crippen molar-refractivity contribution in [1.82, 2.24) is 0 Å². The number of aliphatic hydroxyl groups is 8. The zero-order valence-corrected chi connectivity index (χ0v) is 26.8. The smallest absolute Gasteiger partial charge is 0.221 e. The number of benzene rings is 1. The highest BCUT2D eigenvalue weighted by molar-refractivity contribution is 14.1. The number of nitrogens with one attached hydrogen (secondary N) is 1. The predicted molar refractivity (Wildman–Crippen MR) is 156 cm³/mol. The Balaban J connectivity index is 1.93. The van der Waals surface area contributed by atoms with Gasteiger partial charge in [-0.2, -0.15) is 0 Å². The van der Waals surface area contributed by atoms with Crippen LogP contribution in [0.5, 0.6) is 0 Å². The van der Waals surface area contributed by atoms with Gasteiger partial charge in [0.2, 0.25) is 5.91 Å². The molecule has 3 rings (SSSR count). The summed E-state index contributed by atoms with van der Waals surface area (Å²) in [5, 5.41) is 83.2. The van der Waals surface area contributed by atoms with Crippen LogP contribution in [0, 0.1) is 10.7 Å². The predicted octanol–water partition coefficient (Wildman–Crippen LogP) is -1.91. The molecule has 0 aromatic heterocycles. The van der Waals surface area contributed by atoms with Crippen LogP contribution in [-0.2, 0) is 37.0 Å². The minimum atomic E-state index is -1.69. The van der Waals surface area contributed by atoms with Crippen molar-refractivity contribution in [3.05, 3.63) is 21.8 Å². The molecule has 2 heterocycles. The zero-order valence-electron chi connectivity index (χ0n) is 20.4. The summed E-state index contributed by atoms with van der Waals surface area (Å²) in [7, 11) is 0. The molecule has 17 heteroatoms. The van der Waals surface area contributed by atoms with Gasteiger partial charge in [-0.25, -0.2) is 0 Å². The molecule has 2 fully saturated rings. The van der Waals surface area contributed by atoms with Crippen molar-refractivity contribution in [3.8, 4) is 0 Å². The summed E-state index contributed by atoms with van der Waals surface area (Å²) in [4.78, 5) is 12.0. The molecule has 0 bridgehead atoms. The quantitative estimate of drug-likeness (QED) is 0.124. The third-order valence-electron chi connectivity index (χ3n) is 6.32. The maximum atomic E-state index is 12.0. The molecule has 10 unspecified atom stereocenters. The van der Waals surface area contributed by atoms with Crippen LogP contribution >= 0.6 is 67.8 Å². The van der Waals surface area contributed by atoms with Gasteiger partial charge in [-0.1, -0.05) is 0 Å². The highest BCUT2D eigenvalue weighted by Crippen LogP contribution is 2.38. The molecule has 0 saturated carbocycles. The molecule has 2 saturated heterocycles. The molecule has 14 nitrogen and oxygen atoms in total. The third-order valence-corrected chi connectivity index (χ3v) is 10.0. The lowest BCUT2D eigenvalue weighted by molar-refractivity contribution is -0.296. The highest BCUT2D eigenvalue weighted by atomic mass is 127. The van der Waals surface area contributed by atoms with Gasteiger partial charge in [-0.15, -0.1) is 0 Å². The van der Waals surface area contributed by atoms with Gasteiger partial charge in [0.1, 0.15) is 48.8 Å². The molecule has 10 atom stereocenters. The molecular weight excluding hydrogens is 867 g/mol. The number of amides is 1. The fourth-order valence-corrected chi connectivity index (χ4v) is 8.26. The number of halogens is 3. The van der Waals surface area contributed by atoms with Crippen LogP contribution in [0.3, 0.4) is 0 Å². The molecule has 9 N–H and O–H groups in total. The Morgan fingerprint density at radius 3 is 1.46 bits per heavy atom. The second-order valence-electron chi connectivity index (χ2n) is 8.96. The fraction of sp³-hybridized carbons (Fsp3) is 0.682. The molecule has 0 spiro atoms. The maximum absolute atomic E-state index is 12.0. The van der Waals surface area contributed by atoms with Crippen molar-refractivity contribution in [2.24, 2.45) is 0 Å². The van der Waals surface area contributed by atoms with Gasteiger partial charge in [0.15, 0.2) is 12.6 Å². The van der Waals surface area contributed by atoms with Gasteiger partial charge in [0.05, 0.1) is 32.1 Å². The molecule has 1 aromatic carbocycles. The lowest BCUT2D eigenvalue weighted by Gasteiger charge is -2.40. The average Bonchev–Trinajstić information content (AvgIpc) is 2.89. The molecule has 222 valence electrons. The van der Waals surface area contributed by atoms with Crippen LogP contribution < -0.4 is 5.32 Å². The lowest BCUT2D eigenvalue weighted by Crippen LogP contribution is -2.59. The molecule has 2 aliphatic rings. The topological polar surface area (TPSA) is 228 Å². The molecule has 0 aliphatic carbocycles. The van der Waals surface area contributed by atoms with E-state index in [1.807, 2.05) is 67.8 Å². The first-order chi connectivity index (χ1) is 18.3. The van der Waals surface area contributed by atoms with Crippen LogP contribution in [0.25, 0.3) is 0 Å². The maximum Gasteiger partial charge on any atom is 0.221 e. The summed E-state index contributed by atoms with van der Waals surface area (Å²) in [5.41, 5.74) is 1.48. The average molecular weight is 897 g/mol. The Morgan fingerprint density at radius 1 is 0.744 bits per heavy atom. The number of carbonyl (C=O) groups is 1. The summed E-state index contributed by atoms with van der Waals surface area (Å²) in [6.07, 6.45) is -14.5. The van der Waals surface area contributed by atoms with E-state index in [0.717, 1.165) is 0 Å². The summed E-state index contributed by atoms with van der Waals surface area (Å²) in [5.74, 6) is -0.362. The van der Waals surface area contributed by atoms with E-state index in [-0.39, 0.29) is 19.1 Å². The largest absolute Gasteiger partial charge is 0.394 e. The van der Waals surface area contributed by atoms with E-state index in [9.17, 15) is 45.6 Å². The number of ether oxygens (including phenoxy) is 4. The van der Waals surface area contributed by atoms with E-state index >= 15 is 0 Å². The van der Waals surface area contributed by atoms with E-state index in [1.165, 1.54) is 6.92 Å². The number of anilines is 1. The second kappa shape index (κ2) is 14.7. The SMILES string of the molecule is CC(=O)Nc1c(I)c(COC2C(O)C(O)OC(CO)C2O)c(I)c(COC2C(O)C(O)OC(CO)C2O)c1I. The van der Waals surface area contributed by atoms with Gasteiger partial charge < -0.3 is 65.1 Å². The van der Waals surface area contributed by atoms with E-state index in [2.05, 4.69) is 5.32 Å². The molecule has 39 heavy (non-hydrogen) atoms. The number of aliphatic hydroxyl groups excluding tert-OH is 8. The standard InChI is InChI=1S/C22H30I3NO13/c1-6(29)26-14-12(24)7(4-36-19-15(30)9(2-27)38-21(34)17(19)32)11(23)8(13(14)25)5-37-20-16(31)10(3-28)39-22(35)18(20)33/h9-10,15-22,27-28,30-35H,2-5H2,1H3,(H,26,29). The van der Waals surface area contributed by atoms with Crippen molar-refractivity contribution in [2.75, 3.05) is 18.5 Å². The second-order valence-corrected chi connectivity index (χ2v) is 12.2. The summed E-state index contributed by atoms with van der Waals surface area (Å²) < 4.78 is 23.4. The van der Waals surface area contributed by atoms with Crippen LogP contribution in [0.1, 0.15) is 18.1 Å². The summed E-state index contributed by atoms with van der Waals surface area (Å²) >= 11 is 6.04. The number of hydrogen-bond acceptors (Lipinski definition) is 13. The number of rotatable bonds is 9. The minimum Gasteiger partial charge on any atom is -0.394 e.